The molecule has 210 valence electrons. The van der Waals surface area contributed by atoms with Crippen LogP contribution in [-0.4, -0.2) is 4.57 Å². The largest absolute Gasteiger partial charge is 0.456 e. The minimum atomic E-state index is 0.962. The summed E-state index contributed by atoms with van der Waals surface area (Å²) in [4.78, 5) is 0. The van der Waals surface area contributed by atoms with Crippen molar-refractivity contribution < 1.29 is 4.42 Å². The zero-order chi connectivity index (χ0) is 29.8. The Morgan fingerprint density at radius 1 is 0.667 bits per heavy atom. The first-order chi connectivity index (χ1) is 19.1. The maximum absolute atomic E-state index is 5.65. The van der Waals surface area contributed by atoms with Crippen LogP contribution in [0.5, 0.6) is 0 Å². The number of rotatable bonds is 3. The minimum Gasteiger partial charge on any atom is -0.456 e. The molecule has 4 rings (SSSR count). The summed E-state index contributed by atoms with van der Waals surface area (Å²) in [6, 6.07) is 18.5. The van der Waals surface area contributed by atoms with E-state index in [1.54, 1.807) is 0 Å². The summed E-state index contributed by atoms with van der Waals surface area (Å²) in [6.07, 6.45) is 14.6. The lowest BCUT2D eigenvalue weighted by Crippen LogP contribution is -2.28. The molecule has 0 radical (unpaired) electrons. The van der Waals surface area contributed by atoms with Crippen molar-refractivity contribution in [3.05, 3.63) is 99.7 Å². The average molecular weight is 526 g/mol. The molecular formula is C37H51NO. The summed E-state index contributed by atoms with van der Waals surface area (Å²) in [5.74, 6) is 0. The van der Waals surface area contributed by atoms with Crippen LogP contribution in [0.25, 0.3) is 53.1 Å². The monoisotopic (exact) mass is 525 g/mol. The molecule has 0 fully saturated rings. The van der Waals surface area contributed by atoms with Crippen molar-refractivity contribution in [2.75, 3.05) is 0 Å². The van der Waals surface area contributed by atoms with Crippen LogP contribution in [0.1, 0.15) is 87.4 Å². The van der Waals surface area contributed by atoms with Crippen molar-refractivity contribution >= 4 is 47.4 Å². The molecule has 0 amide bonds. The number of hydrogen-bond acceptors (Lipinski definition) is 1. The molecule has 4 aromatic rings. The maximum Gasteiger partial charge on any atom is 0.135 e. The maximum atomic E-state index is 5.65. The van der Waals surface area contributed by atoms with Gasteiger partial charge in [-0.05, 0) is 65.0 Å². The van der Waals surface area contributed by atoms with Crippen LogP contribution in [0, 0.1) is 0 Å². The minimum absolute atomic E-state index is 0.962. The van der Waals surface area contributed by atoms with Crippen LogP contribution < -0.4 is 21.2 Å². The lowest BCUT2D eigenvalue weighted by atomic mass is 10.1. The van der Waals surface area contributed by atoms with Gasteiger partial charge in [-0.2, -0.15) is 0 Å². The molecule has 2 heteroatoms. The highest BCUT2D eigenvalue weighted by atomic mass is 16.3. The van der Waals surface area contributed by atoms with Gasteiger partial charge in [0.15, 0.2) is 0 Å². The predicted octanol–water partition coefficient (Wildman–Crippen LogP) is 8.87. The van der Waals surface area contributed by atoms with Gasteiger partial charge < -0.3 is 8.98 Å². The molecule has 0 aliphatic heterocycles. The topological polar surface area (TPSA) is 18.1 Å². The van der Waals surface area contributed by atoms with Gasteiger partial charge in [-0.3, -0.25) is 0 Å². The number of furan rings is 1. The molecule has 0 bridgehead atoms. The fraction of sp³-hybridized carbons (Fsp3) is 0.297. The fourth-order valence-electron chi connectivity index (χ4n) is 4.23. The van der Waals surface area contributed by atoms with Gasteiger partial charge in [0.1, 0.15) is 11.0 Å². The number of nitrogens with zero attached hydrogens (tertiary/aromatic N) is 1. The molecule has 0 aliphatic rings. The molecule has 2 aromatic heterocycles. The quantitative estimate of drug-likeness (QED) is 0.261. The van der Waals surface area contributed by atoms with E-state index in [9.17, 15) is 0 Å². The number of benzene rings is 2. The Labute approximate surface area is 237 Å². The Bertz CT molecular complexity index is 1510. The van der Waals surface area contributed by atoms with Crippen LogP contribution in [0.3, 0.4) is 0 Å². The molecule has 2 aromatic carbocycles. The van der Waals surface area contributed by atoms with E-state index >= 15 is 0 Å². The molecule has 0 saturated carbocycles. The zero-order valence-electron chi connectivity index (χ0n) is 26.3. The van der Waals surface area contributed by atoms with E-state index in [2.05, 4.69) is 85.7 Å². The molecule has 0 atom stereocenters. The molecule has 39 heavy (non-hydrogen) atoms. The fourth-order valence-corrected chi connectivity index (χ4v) is 4.23. The van der Waals surface area contributed by atoms with Crippen molar-refractivity contribution in [1.82, 2.24) is 4.57 Å². The van der Waals surface area contributed by atoms with Crippen LogP contribution >= 0.6 is 0 Å². The summed E-state index contributed by atoms with van der Waals surface area (Å²) in [6.45, 7) is 26.2. The molecule has 2 heterocycles. The van der Waals surface area contributed by atoms with Gasteiger partial charge in [-0.25, -0.2) is 0 Å². The third kappa shape index (κ3) is 8.61. The number of aromatic nitrogens is 1. The summed E-state index contributed by atoms with van der Waals surface area (Å²) in [5.41, 5.74) is 5.44. The van der Waals surface area contributed by atoms with Crippen LogP contribution in [0.4, 0.5) is 0 Å². The number of para-hydroxylation sites is 2. The van der Waals surface area contributed by atoms with Gasteiger partial charge in [0.2, 0.25) is 0 Å². The molecule has 0 N–H and O–H groups in total. The summed E-state index contributed by atoms with van der Waals surface area (Å²) in [7, 11) is 0. The van der Waals surface area contributed by atoms with Gasteiger partial charge in [0, 0.05) is 32.4 Å². The Hall–Kier alpha value is -3.78. The molecule has 0 unspecified atom stereocenters. The standard InChI is InChI=1S/C19H21N.C12H12O.3C2H6/c1-5-12-17-16(6-2)18(7-3)20(19(17)8-4)15-13-10-9-11-14-15;1-3-9-10-7-5-6-8-12(10)13-11(9)4-2;3*1-2/h5-14H,4H2,1-3H3;3-8H,1-2H3;3*1-2H3/b12-5?,16-6-,18-7+;9-3-,11-4+;;;. The number of hydrogen-bond donors (Lipinski definition) is 0. The third-order valence-electron chi connectivity index (χ3n) is 5.64. The van der Waals surface area contributed by atoms with E-state index in [1.165, 1.54) is 26.7 Å². The van der Waals surface area contributed by atoms with E-state index in [-0.39, 0.29) is 0 Å². The third-order valence-corrected chi connectivity index (χ3v) is 5.64. The van der Waals surface area contributed by atoms with Crippen LogP contribution in [0.15, 0.2) is 71.7 Å². The molecule has 0 aliphatic carbocycles. The summed E-state index contributed by atoms with van der Waals surface area (Å²) in [5, 5.41) is 4.85. The van der Waals surface area contributed by atoms with Crippen molar-refractivity contribution in [3.63, 3.8) is 0 Å². The highest BCUT2D eigenvalue weighted by molar-refractivity contribution is 5.78. The van der Waals surface area contributed by atoms with Gasteiger partial charge >= 0.3 is 0 Å². The van der Waals surface area contributed by atoms with E-state index in [0.29, 0.717) is 0 Å². The van der Waals surface area contributed by atoms with Crippen LogP contribution in [0.2, 0.25) is 0 Å². The van der Waals surface area contributed by atoms with E-state index in [4.69, 9.17) is 4.42 Å². The predicted molar refractivity (Wildman–Crippen MR) is 180 cm³/mol. The Balaban J connectivity index is 0.000000655. The van der Waals surface area contributed by atoms with E-state index in [0.717, 1.165) is 22.4 Å². The molecule has 0 spiro atoms. The van der Waals surface area contributed by atoms with Gasteiger partial charge in [0.05, 0.1) is 5.69 Å². The first kappa shape index (κ1) is 35.2. The Morgan fingerprint density at radius 3 is 1.72 bits per heavy atom. The summed E-state index contributed by atoms with van der Waals surface area (Å²) >= 11 is 0. The zero-order valence-corrected chi connectivity index (χ0v) is 26.3. The normalized spacial score (nSPS) is 12.1. The Morgan fingerprint density at radius 2 is 1.23 bits per heavy atom. The van der Waals surface area contributed by atoms with Crippen molar-refractivity contribution in [1.29, 1.82) is 0 Å². The molecule has 2 nitrogen and oxygen atoms in total. The SMILES string of the molecule is C/C=c1\c(=C/C)oc2ccccc12.C=Cc1c(C=CC)c(=C/C)/c(=C\C)n1-c1ccccc1.CC.CC.CC. The van der Waals surface area contributed by atoms with Crippen molar-refractivity contribution in [2.45, 2.75) is 76.2 Å². The smallest absolute Gasteiger partial charge is 0.135 e. The van der Waals surface area contributed by atoms with Crippen molar-refractivity contribution in [2.24, 2.45) is 0 Å². The van der Waals surface area contributed by atoms with Gasteiger partial charge in [0.25, 0.3) is 0 Å². The highest BCUT2D eigenvalue weighted by Gasteiger charge is 2.10. The second-order valence-corrected chi connectivity index (χ2v) is 7.50. The molecule has 0 saturated heterocycles. The van der Waals surface area contributed by atoms with E-state index in [1.807, 2.05) is 98.7 Å². The van der Waals surface area contributed by atoms with Crippen LogP contribution in [-0.2, 0) is 0 Å². The Kier molecular flexibility index (Phi) is 18.3. The van der Waals surface area contributed by atoms with Gasteiger partial charge in [-0.15, -0.1) is 0 Å². The second kappa shape index (κ2) is 20.2. The van der Waals surface area contributed by atoms with E-state index < -0.39 is 0 Å². The molecular weight excluding hydrogens is 474 g/mol. The number of allylic oxidation sites excluding steroid dienone is 1. The first-order valence-corrected chi connectivity index (χ1v) is 14.4. The number of fused-ring (bicyclic) bond motifs is 1. The highest BCUT2D eigenvalue weighted by Crippen LogP contribution is 2.14. The average Bonchev–Trinajstić information content (AvgIpc) is 3.55. The lowest BCUT2D eigenvalue weighted by Gasteiger charge is -2.07. The second-order valence-electron chi connectivity index (χ2n) is 7.50. The first-order valence-electron chi connectivity index (χ1n) is 14.4. The van der Waals surface area contributed by atoms with Gasteiger partial charge in [-0.1, -0.05) is 115 Å². The summed E-state index contributed by atoms with van der Waals surface area (Å²) < 4.78 is 7.91. The van der Waals surface area contributed by atoms with Crippen molar-refractivity contribution in [3.8, 4) is 5.69 Å². The lowest BCUT2D eigenvalue weighted by molar-refractivity contribution is 0.575.